The van der Waals surface area contributed by atoms with Crippen molar-refractivity contribution in [2.75, 3.05) is 19.3 Å². The molecule has 0 spiro atoms. The van der Waals surface area contributed by atoms with Gasteiger partial charge < -0.3 is 5.32 Å². The summed E-state index contributed by atoms with van der Waals surface area (Å²) in [6.07, 6.45) is 1.61. The molecule has 0 amide bonds. The van der Waals surface area contributed by atoms with Crippen molar-refractivity contribution in [1.29, 1.82) is 0 Å². The number of nitrogens with one attached hydrogen (secondary N) is 1. The number of hydrogen-bond donors (Lipinski definition) is 1. The molecule has 0 aromatic carbocycles. The van der Waals surface area contributed by atoms with Gasteiger partial charge in [0.25, 0.3) is 0 Å². The van der Waals surface area contributed by atoms with Gasteiger partial charge in [0.15, 0.2) is 0 Å². The SMILES string of the molecule is CC(C)NCCCCS(=O)(=O)N(C)C(C)C(C)(C)C. The third-order valence-corrected chi connectivity index (χ3v) is 5.62. The molecule has 0 saturated carbocycles. The molecular formula is C14H32N2O2S. The Morgan fingerprint density at radius 2 is 1.63 bits per heavy atom. The molecule has 0 radical (unpaired) electrons. The largest absolute Gasteiger partial charge is 0.315 e. The molecule has 1 atom stereocenters. The molecule has 0 aliphatic heterocycles. The molecule has 5 heteroatoms. The minimum Gasteiger partial charge on any atom is -0.315 e. The third-order valence-electron chi connectivity index (χ3n) is 3.62. The molecule has 4 nitrogen and oxygen atoms in total. The summed E-state index contributed by atoms with van der Waals surface area (Å²) in [7, 11) is -1.45. The van der Waals surface area contributed by atoms with Crippen molar-refractivity contribution < 1.29 is 8.42 Å². The van der Waals surface area contributed by atoms with Crippen molar-refractivity contribution in [2.45, 2.75) is 66.5 Å². The predicted molar refractivity (Wildman–Crippen MR) is 82.8 cm³/mol. The Labute approximate surface area is 120 Å². The van der Waals surface area contributed by atoms with Gasteiger partial charge in [-0.25, -0.2) is 12.7 Å². The first-order valence-corrected chi connectivity index (χ1v) is 8.78. The molecule has 0 saturated heterocycles. The predicted octanol–water partition coefficient (Wildman–Crippen LogP) is 2.46. The van der Waals surface area contributed by atoms with Crippen LogP contribution in [-0.4, -0.2) is 44.2 Å². The van der Waals surface area contributed by atoms with Crippen molar-refractivity contribution in [2.24, 2.45) is 5.41 Å². The van der Waals surface area contributed by atoms with Crippen LogP contribution in [-0.2, 0) is 10.0 Å². The molecule has 0 aliphatic carbocycles. The molecule has 0 heterocycles. The van der Waals surface area contributed by atoms with E-state index in [1.165, 1.54) is 4.31 Å². The van der Waals surface area contributed by atoms with Crippen LogP contribution in [0.15, 0.2) is 0 Å². The first-order chi connectivity index (χ1) is 8.48. The molecule has 1 N–H and O–H groups in total. The van der Waals surface area contributed by atoms with Gasteiger partial charge in [0.05, 0.1) is 5.75 Å². The summed E-state index contributed by atoms with van der Waals surface area (Å²) < 4.78 is 26.0. The van der Waals surface area contributed by atoms with Crippen LogP contribution in [0.25, 0.3) is 0 Å². The van der Waals surface area contributed by atoms with Gasteiger partial charge in [-0.2, -0.15) is 0 Å². The van der Waals surface area contributed by atoms with E-state index in [1.807, 2.05) is 6.92 Å². The molecule has 0 aliphatic rings. The Balaban J connectivity index is 4.25. The molecule has 0 rings (SSSR count). The van der Waals surface area contributed by atoms with Gasteiger partial charge in [-0.15, -0.1) is 0 Å². The quantitative estimate of drug-likeness (QED) is 0.699. The number of rotatable bonds is 8. The minimum absolute atomic E-state index is 0.00582. The van der Waals surface area contributed by atoms with E-state index in [0.717, 1.165) is 13.0 Å². The maximum Gasteiger partial charge on any atom is 0.214 e. The van der Waals surface area contributed by atoms with Crippen molar-refractivity contribution >= 4 is 10.0 Å². The highest BCUT2D eigenvalue weighted by Gasteiger charge is 2.30. The van der Waals surface area contributed by atoms with Crippen molar-refractivity contribution in [1.82, 2.24) is 9.62 Å². The topological polar surface area (TPSA) is 49.4 Å². The average Bonchev–Trinajstić information content (AvgIpc) is 2.24. The summed E-state index contributed by atoms with van der Waals surface area (Å²) >= 11 is 0. The lowest BCUT2D eigenvalue weighted by molar-refractivity contribution is 0.216. The molecular weight excluding hydrogens is 260 g/mol. The smallest absolute Gasteiger partial charge is 0.214 e. The highest BCUT2D eigenvalue weighted by Crippen LogP contribution is 2.25. The maximum atomic E-state index is 12.2. The number of sulfonamides is 1. The minimum atomic E-state index is -3.14. The van der Waals surface area contributed by atoms with E-state index < -0.39 is 10.0 Å². The van der Waals surface area contributed by atoms with Crippen LogP contribution >= 0.6 is 0 Å². The van der Waals surface area contributed by atoms with Gasteiger partial charge >= 0.3 is 0 Å². The van der Waals surface area contributed by atoms with Crippen LogP contribution in [0.2, 0.25) is 0 Å². The van der Waals surface area contributed by atoms with Gasteiger partial charge in [-0.1, -0.05) is 34.6 Å². The Morgan fingerprint density at radius 3 is 2.05 bits per heavy atom. The zero-order chi connectivity index (χ0) is 15.3. The standard InChI is InChI=1S/C14H32N2O2S/c1-12(2)15-10-8-9-11-19(17,18)16(7)13(3)14(4,5)6/h12-13,15H,8-11H2,1-7H3. The first-order valence-electron chi connectivity index (χ1n) is 7.17. The molecule has 0 bridgehead atoms. The fourth-order valence-electron chi connectivity index (χ4n) is 1.73. The number of hydrogen-bond acceptors (Lipinski definition) is 3. The third kappa shape index (κ3) is 7.28. The van der Waals surface area contributed by atoms with E-state index in [0.29, 0.717) is 12.5 Å². The lowest BCUT2D eigenvalue weighted by Crippen LogP contribution is -2.43. The van der Waals surface area contributed by atoms with E-state index in [1.54, 1.807) is 7.05 Å². The molecule has 19 heavy (non-hydrogen) atoms. The van der Waals surface area contributed by atoms with Crippen LogP contribution < -0.4 is 5.32 Å². The zero-order valence-electron chi connectivity index (χ0n) is 13.7. The highest BCUT2D eigenvalue weighted by molar-refractivity contribution is 7.89. The Hall–Kier alpha value is -0.130. The molecule has 0 aromatic heterocycles. The van der Waals surface area contributed by atoms with Crippen LogP contribution in [0.1, 0.15) is 54.4 Å². The normalized spacial score (nSPS) is 15.2. The van der Waals surface area contributed by atoms with Gasteiger partial charge in [-0.3, -0.25) is 0 Å². The second-order valence-corrected chi connectivity index (χ2v) is 8.84. The monoisotopic (exact) mass is 292 g/mol. The highest BCUT2D eigenvalue weighted by atomic mass is 32.2. The van der Waals surface area contributed by atoms with E-state index in [4.69, 9.17) is 0 Å². The van der Waals surface area contributed by atoms with E-state index in [9.17, 15) is 8.42 Å². The van der Waals surface area contributed by atoms with Gasteiger partial charge in [0.2, 0.25) is 10.0 Å². The van der Waals surface area contributed by atoms with Crippen molar-refractivity contribution in [3.8, 4) is 0 Å². The van der Waals surface area contributed by atoms with E-state index in [2.05, 4.69) is 39.9 Å². The van der Waals surface area contributed by atoms with Crippen molar-refractivity contribution in [3.63, 3.8) is 0 Å². The van der Waals surface area contributed by atoms with Crippen LogP contribution in [0, 0.1) is 5.41 Å². The second kappa shape index (κ2) is 7.60. The first kappa shape index (κ1) is 18.9. The summed E-state index contributed by atoms with van der Waals surface area (Å²) in [6.45, 7) is 13.2. The van der Waals surface area contributed by atoms with E-state index in [-0.39, 0.29) is 17.2 Å². The summed E-state index contributed by atoms with van der Waals surface area (Å²) in [5.74, 6) is 0.240. The summed E-state index contributed by atoms with van der Waals surface area (Å²) in [5.41, 5.74) is -0.0407. The van der Waals surface area contributed by atoms with Gasteiger partial charge in [0.1, 0.15) is 0 Å². The lowest BCUT2D eigenvalue weighted by atomic mass is 9.88. The molecule has 116 valence electrons. The zero-order valence-corrected chi connectivity index (χ0v) is 14.5. The van der Waals surface area contributed by atoms with Crippen LogP contribution in [0.5, 0.6) is 0 Å². The van der Waals surface area contributed by atoms with Gasteiger partial charge in [-0.05, 0) is 31.7 Å². The fraction of sp³-hybridized carbons (Fsp3) is 1.00. The Morgan fingerprint density at radius 1 is 1.11 bits per heavy atom. The summed E-state index contributed by atoms with van der Waals surface area (Å²) in [5, 5.41) is 3.30. The molecule has 0 aromatic rings. The van der Waals surface area contributed by atoms with Crippen LogP contribution in [0.3, 0.4) is 0 Å². The molecule has 0 fully saturated rings. The Bertz CT molecular complexity index is 345. The van der Waals surface area contributed by atoms with Crippen LogP contribution in [0.4, 0.5) is 0 Å². The molecule has 1 unspecified atom stereocenters. The van der Waals surface area contributed by atoms with Gasteiger partial charge in [0, 0.05) is 19.1 Å². The second-order valence-electron chi connectivity index (χ2n) is 6.69. The fourth-order valence-corrected chi connectivity index (χ4v) is 3.39. The van der Waals surface area contributed by atoms with E-state index >= 15 is 0 Å². The average molecular weight is 292 g/mol. The lowest BCUT2D eigenvalue weighted by Gasteiger charge is -2.34. The summed E-state index contributed by atoms with van der Waals surface area (Å²) in [4.78, 5) is 0. The maximum absolute atomic E-state index is 12.2. The number of nitrogens with zero attached hydrogens (tertiary/aromatic N) is 1. The summed E-state index contributed by atoms with van der Waals surface area (Å²) in [6, 6.07) is 0.464. The number of unbranched alkanes of at least 4 members (excludes halogenated alkanes) is 1. The Kier molecular flexibility index (Phi) is 7.55. The van der Waals surface area contributed by atoms with Crippen molar-refractivity contribution in [3.05, 3.63) is 0 Å².